The lowest BCUT2D eigenvalue weighted by Crippen LogP contribution is -2.50. The van der Waals surface area contributed by atoms with Crippen LogP contribution >= 0.6 is 0 Å². The standard InChI is InChI=1S/C21H32N2O4.C17H24FNO3/c1-20(2,3)18(22-19(25)27-21(4,5)6)17(24)15-7-9-16(10-8-15)23-11-13-26-14-12-23;1-16(2,3)14(19-15(21)22-17(4,5)6)13(20)11-7-9-12(18)10-8-11/h7-10,18H,11-14H2,1-6H3,(H,22,25);7-10,14H,1-6H3,(H,19,21)/t18-;14-/m11/s1. The van der Waals surface area contributed by atoms with Crippen LogP contribution in [0.3, 0.4) is 0 Å². The summed E-state index contributed by atoms with van der Waals surface area (Å²) in [6.45, 7) is 25.1. The molecule has 0 unspecified atom stereocenters. The van der Waals surface area contributed by atoms with E-state index in [0.29, 0.717) is 24.3 Å². The molecule has 0 spiro atoms. The van der Waals surface area contributed by atoms with E-state index in [0.717, 1.165) is 18.8 Å². The number of anilines is 1. The molecule has 0 radical (unpaired) electrons. The van der Waals surface area contributed by atoms with E-state index in [4.69, 9.17) is 14.2 Å². The predicted molar refractivity (Wildman–Crippen MR) is 190 cm³/mol. The Labute approximate surface area is 291 Å². The molecular formula is C38H56FN3O7. The van der Waals surface area contributed by atoms with Gasteiger partial charge in [0.05, 0.1) is 13.2 Å². The van der Waals surface area contributed by atoms with Crippen molar-refractivity contribution in [3.05, 3.63) is 65.5 Å². The Balaban J connectivity index is 0.000000348. The minimum absolute atomic E-state index is 0.123. The molecule has 1 fully saturated rings. The zero-order chi connectivity index (χ0) is 37.4. The largest absolute Gasteiger partial charge is 0.444 e. The maximum absolute atomic E-state index is 13.1. The van der Waals surface area contributed by atoms with Gasteiger partial charge in [0.2, 0.25) is 0 Å². The van der Waals surface area contributed by atoms with E-state index >= 15 is 0 Å². The molecule has 1 aliphatic rings. The van der Waals surface area contributed by atoms with Crippen molar-refractivity contribution >= 4 is 29.4 Å². The normalized spacial score (nSPS) is 15.2. The number of rotatable bonds is 7. The zero-order valence-electron chi connectivity index (χ0n) is 31.3. The van der Waals surface area contributed by atoms with Crippen molar-refractivity contribution in [2.24, 2.45) is 10.8 Å². The second-order valence-electron chi connectivity index (χ2n) is 16.3. The van der Waals surface area contributed by atoms with Crippen LogP contribution in [0.4, 0.5) is 19.7 Å². The van der Waals surface area contributed by atoms with E-state index < -0.39 is 52.1 Å². The van der Waals surface area contributed by atoms with Gasteiger partial charge in [0.15, 0.2) is 11.6 Å². The number of carbonyl (C=O) groups is 4. The second kappa shape index (κ2) is 16.6. The third kappa shape index (κ3) is 14.2. The molecule has 2 aromatic rings. The first kappa shape index (κ1) is 41.2. The number of hydrogen-bond donors (Lipinski definition) is 2. The number of Topliss-reactive ketones (excluding diaryl/α,β-unsaturated/α-hetero) is 2. The molecule has 0 bridgehead atoms. The van der Waals surface area contributed by atoms with Gasteiger partial charge in [-0.1, -0.05) is 41.5 Å². The first-order valence-electron chi connectivity index (χ1n) is 16.6. The van der Waals surface area contributed by atoms with Crippen LogP contribution < -0.4 is 15.5 Å². The number of hydrogen-bond acceptors (Lipinski definition) is 8. The van der Waals surface area contributed by atoms with Crippen LogP contribution in [0.15, 0.2) is 48.5 Å². The van der Waals surface area contributed by atoms with Crippen LogP contribution in [0.25, 0.3) is 0 Å². The number of amides is 2. The Morgan fingerprint density at radius 2 is 0.980 bits per heavy atom. The lowest BCUT2D eigenvalue weighted by atomic mass is 9.82. The van der Waals surface area contributed by atoms with Crippen molar-refractivity contribution in [1.29, 1.82) is 0 Å². The SMILES string of the molecule is CC(C)(C)OC(=O)N[C@H](C(=O)c1ccc(F)cc1)C(C)(C)C.CC(C)(C)OC(=O)N[C@H](C(=O)c1ccc(N2CCOCC2)cc1)C(C)(C)C. The average molecular weight is 686 g/mol. The minimum atomic E-state index is -0.771. The van der Waals surface area contributed by atoms with Crippen molar-refractivity contribution in [3.8, 4) is 0 Å². The lowest BCUT2D eigenvalue weighted by molar-refractivity contribution is 0.0441. The highest BCUT2D eigenvalue weighted by Gasteiger charge is 2.36. The summed E-state index contributed by atoms with van der Waals surface area (Å²) in [7, 11) is 0. The molecule has 2 N–H and O–H groups in total. The monoisotopic (exact) mass is 685 g/mol. The third-order valence-corrected chi connectivity index (χ3v) is 7.24. The Morgan fingerprint density at radius 3 is 1.31 bits per heavy atom. The summed E-state index contributed by atoms with van der Waals surface area (Å²) in [6, 6.07) is 11.4. The Kier molecular flexibility index (Phi) is 14.0. The molecule has 2 amide bonds. The summed E-state index contributed by atoms with van der Waals surface area (Å²) in [5.41, 5.74) is -0.234. The maximum Gasteiger partial charge on any atom is 0.408 e. The third-order valence-electron chi connectivity index (χ3n) is 7.24. The van der Waals surface area contributed by atoms with Crippen molar-refractivity contribution < 1.29 is 37.8 Å². The first-order valence-corrected chi connectivity index (χ1v) is 16.6. The topological polar surface area (TPSA) is 123 Å². The number of benzene rings is 2. The Hall–Kier alpha value is -3.99. The van der Waals surface area contributed by atoms with E-state index in [1.165, 1.54) is 24.3 Å². The summed E-state index contributed by atoms with van der Waals surface area (Å²) < 4.78 is 28.9. The van der Waals surface area contributed by atoms with Crippen LogP contribution in [-0.4, -0.2) is 73.3 Å². The summed E-state index contributed by atoms with van der Waals surface area (Å²) in [5.74, 6) is -0.816. The van der Waals surface area contributed by atoms with Crippen LogP contribution in [0.5, 0.6) is 0 Å². The van der Waals surface area contributed by atoms with Crippen molar-refractivity contribution in [2.75, 3.05) is 31.2 Å². The number of morpholine rings is 1. The summed E-state index contributed by atoms with van der Waals surface area (Å²) in [4.78, 5) is 52.1. The molecule has 0 saturated carbocycles. The maximum atomic E-state index is 13.1. The van der Waals surface area contributed by atoms with Crippen molar-refractivity contribution in [3.63, 3.8) is 0 Å². The van der Waals surface area contributed by atoms with Crippen LogP contribution in [0, 0.1) is 16.6 Å². The lowest BCUT2D eigenvalue weighted by Gasteiger charge is -2.32. The van der Waals surface area contributed by atoms with Crippen LogP contribution in [0.1, 0.15) is 104 Å². The van der Waals surface area contributed by atoms with Gasteiger partial charge in [-0.25, -0.2) is 14.0 Å². The molecule has 2 aromatic carbocycles. The fourth-order valence-corrected chi connectivity index (χ4v) is 4.81. The van der Waals surface area contributed by atoms with Gasteiger partial charge in [0, 0.05) is 29.9 Å². The molecule has 10 nitrogen and oxygen atoms in total. The number of nitrogens with zero attached hydrogens (tertiary/aromatic N) is 1. The van der Waals surface area contributed by atoms with Gasteiger partial charge in [0.25, 0.3) is 0 Å². The molecule has 1 heterocycles. The minimum Gasteiger partial charge on any atom is -0.444 e. The number of alkyl carbamates (subject to hydrolysis) is 2. The number of halogens is 1. The molecular weight excluding hydrogens is 629 g/mol. The number of nitrogens with one attached hydrogen (secondary N) is 2. The van der Waals surface area contributed by atoms with E-state index in [9.17, 15) is 23.6 Å². The van der Waals surface area contributed by atoms with Gasteiger partial charge in [-0.3, -0.25) is 9.59 Å². The summed E-state index contributed by atoms with van der Waals surface area (Å²) in [5, 5.41) is 5.37. The molecule has 0 aromatic heterocycles. The number of ether oxygens (including phenoxy) is 3. The van der Waals surface area contributed by atoms with Gasteiger partial charge in [0.1, 0.15) is 29.1 Å². The summed E-state index contributed by atoms with van der Waals surface area (Å²) >= 11 is 0. The average Bonchev–Trinajstić information content (AvgIpc) is 2.96. The quantitative estimate of drug-likeness (QED) is 0.286. The van der Waals surface area contributed by atoms with E-state index in [1.807, 2.05) is 65.8 Å². The van der Waals surface area contributed by atoms with E-state index in [2.05, 4.69) is 15.5 Å². The van der Waals surface area contributed by atoms with Crippen LogP contribution in [0.2, 0.25) is 0 Å². The van der Waals surface area contributed by atoms with Crippen LogP contribution in [-0.2, 0) is 14.2 Å². The first-order chi connectivity index (χ1) is 22.4. The van der Waals surface area contributed by atoms with Crippen molar-refractivity contribution in [1.82, 2.24) is 10.6 Å². The van der Waals surface area contributed by atoms with Gasteiger partial charge in [-0.2, -0.15) is 0 Å². The van der Waals surface area contributed by atoms with E-state index in [1.54, 1.807) is 41.5 Å². The number of ketones is 2. The molecule has 272 valence electrons. The van der Waals surface area contributed by atoms with Crippen molar-refractivity contribution in [2.45, 2.75) is 106 Å². The highest BCUT2D eigenvalue weighted by molar-refractivity contribution is 6.02. The van der Waals surface area contributed by atoms with Gasteiger partial charge < -0.3 is 29.7 Å². The smallest absolute Gasteiger partial charge is 0.408 e. The highest BCUT2D eigenvalue weighted by Crippen LogP contribution is 2.26. The number of carbonyl (C=O) groups excluding carboxylic acids is 4. The molecule has 11 heteroatoms. The summed E-state index contributed by atoms with van der Waals surface area (Å²) in [6.07, 6.45) is -1.23. The Bertz CT molecular complexity index is 1410. The Morgan fingerprint density at radius 1 is 0.633 bits per heavy atom. The second-order valence-corrected chi connectivity index (χ2v) is 16.3. The fraction of sp³-hybridized carbons (Fsp3) is 0.579. The molecule has 1 aliphatic heterocycles. The molecule has 1 saturated heterocycles. The fourth-order valence-electron chi connectivity index (χ4n) is 4.81. The van der Waals surface area contributed by atoms with Gasteiger partial charge in [-0.15, -0.1) is 0 Å². The molecule has 0 aliphatic carbocycles. The van der Waals surface area contributed by atoms with E-state index in [-0.39, 0.29) is 11.6 Å². The highest BCUT2D eigenvalue weighted by atomic mass is 19.1. The van der Waals surface area contributed by atoms with Gasteiger partial charge in [-0.05, 0) is 101 Å². The zero-order valence-corrected chi connectivity index (χ0v) is 31.3. The molecule has 2 atom stereocenters. The predicted octanol–water partition coefficient (Wildman–Crippen LogP) is 7.59. The molecule has 3 rings (SSSR count). The molecule has 49 heavy (non-hydrogen) atoms. The van der Waals surface area contributed by atoms with Gasteiger partial charge >= 0.3 is 12.2 Å².